The first kappa shape index (κ1) is 12.9. The number of halogens is 3. The molecule has 1 saturated carbocycles. The fraction of sp³-hybridized carbons (Fsp3) is 0.333. The van der Waals surface area contributed by atoms with Crippen molar-refractivity contribution < 1.29 is 17.6 Å². The quantitative estimate of drug-likeness (QED) is 0.826. The zero-order valence-corrected chi connectivity index (χ0v) is 10.3. The SMILES string of the molecule is Fc1cc(F)c(F)c(Nc2nnc(CNC3CC3)o2)c1. The Hall–Kier alpha value is -2.09. The van der Waals surface area contributed by atoms with Crippen molar-refractivity contribution in [1.29, 1.82) is 0 Å². The fourth-order valence-corrected chi connectivity index (χ4v) is 1.66. The average Bonchev–Trinajstić information content (AvgIpc) is 3.13. The fourth-order valence-electron chi connectivity index (χ4n) is 1.66. The van der Waals surface area contributed by atoms with Crippen LogP contribution in [0.4, 0.5) is 24.9 Å². The number of hydrogen-bond donors (Lipinski definition) is 2. The minimum Gasteiger partial charge on any atom is -0.406 e. The van der Waals surface area contributed by atoms with E-state index in [9.17, 15) is 13.2 Å². The molecule has 1 heterocycles. The summed E-state index contributed by atoms with van der Waals surface area (Å²) >= 11 is 0. The van der Waals surface area contributed by atoms with E-state index in [1.807, 2.05) is 0 Å². The smallest absolute Gasteiger partial charge is 0.320 e. The second kappa shape index (κ2) is 5.12. The van der Waals surface area contributed by atoms with Gasteiger partial charge in [0.15, 0.2) is 11.6 Å². The van der Waals surface area contributed by atoms with Crippen LogP contribution >= 0.6 is 0 Å². The summed E-state index contributed by atoms with van der Waals surface area (Å²) in [6.45, 7) is 0.402. The highest BCUT2D eigenvalue weighted by atomic mass is 19.2. The Kier molecular flexibility index (Phi) is 3.31. The van der Waals surface area contributed by atoms with Gasteiger partial charge in [-0.2, -0.15) is 0 Å². The van der Waals surface area contributed by atoms with E-state index in [1.165, 1.54) is 0 Å². The molecule has 1 aromatic carbocycles. The van der Waals surface area contributed by atoms with Gasteiger partial charge in [0.2, 0.25) is 5.89 Å². The molecule has 0 radical (unpaired) electrons. The molecule has 1 aliphatic carbocycles. The van der Waals surface area contributed by atoms with Gasteiger partial charge in [-0.3, -0.25) is 0 Å². The predicted octanol–water partition coefficient (Wildman–Crippen LogP) is 2.48. The molecule has 0 aliphatic heterocycles. The standard InChI is InChI=1S/C12H11F3N4O/c13-6-3-8(14)11(15)9(4-6)17-12-19-18-10(20-12)5-16-7-1-2-7/h3-4,7,16H,1-2,5H2,(H,17,19). The van der Waals surface area contributed by atoms with Gasteiger partial charge in [-0.15, -0.1) is 5.10 Å². The summed E-state index contributed by atoms with van der Waals surface area (Å²) in [5, 5.41) is 12.9. The summed E-state index contributed by atoms with van der Waals surface area (Å²) < 4.78 is 44.7. The number of nitrogens with zero attached hydrogens (tertiary/aromatic N) is 2. The Morgan fingerprint density at radius 1 is 1.20 bits per heavy atom. The molecule has 106 valence electrons. The Bertz CT molecular complexity index is 627. The monoisotopic (exact) mass is 284 g/mol. The number of nitrogens with one attached hydrogen (secondary N) is 2. The Labute approximate surface area is 112 Å². The van der Waals surface area contributed by atoms with Gasteiger partial charge in [-0.25, -0.2) is 13.2 Å². The van der Waals surface area contributed by atoms with Crippen molar-refractivity contribution in [2.24, 2.45) is 0 Å². The summed E-state index contributed by atoms with van der Waals surface area (Å²) in [5.74, 6) is -3.08. The first-order valence-corrected chi connectivity index (χ1v) is 6.09. The maximum absolute atomic E-state index is 13.4. The van der Waals surface area contributed by atoms with Crippen LogP contribution in [-0.4, -0.2) is 16.2 Å². The molecule has 0 atom stereocenters. The molecule has 0 unspecified atom stereocenters. The normalized spacial score (nSPS) is 14.6. The molecule has 5 nitrogen and oxygen atoms in total. The third-order valence-electron chi connectivity index (χ3n) is 2.82. The molecule has 1 aliphatic rings. The van der Waals surface area contributed by atoms with Gasteiger partial charge in [0.1, 0.15) is 5.82 Å². The van der Waals surface area contributed by atoms with Gasteiger partial charge in [-0.05, 0) is 12.8 Å². The summed E-state index contributed by atoms with van der Waals surface area (Å²) in [6, 6.07) is 1.62. The van der Waals surface area contributed by atoms with Crippen molar-refractivity contribution >= 4 is 11.7 Å². The van der Waals surface area contributed by atoms with Gasteiger partial charge in [0, 0.05) is 18.2 Å². The number of anilines is 2. The van der Waals surface area contributed by atoms with Crippen LogP contribution in [0.5, 0.6) is 0 Å². The van der Waals surface area contributed by atoms with E-state index < -0.39 is 23.1 Å². The molecule has 0 amide bonds. The van der Waals surface area contributed by atoms with Gasteiger partial charge < -0.3 is 15.1 Å². The van der Waals surface area contributed by atoms with E-state index in [0.717, 1.165) is 18.9 Å². The van der Waals surface area contributed by atoms with Gasteiger partial charge >= 0.3 is 6.01 Å². The number of benzene rings is 1. The van der Waals surface area contributed by atoms with E-state index in [-0.39, 0.29) is 6.01 Å². The van der Waals surface area contributed by atoms with E-state index in [1.54, 1.807) is 0 Å². The van der Waals surface area contributed by atoms with Crippen LogP contribution in [0.2, 0.25) is 0 Å². The molecular weight excluding hydrogens is 273 g/mol. The molecule has 8 heteroatoms. The maximum Gasteiger partial charge on any atom is 0.320 e. The zero-order valence-electron chi connectivity index (χ0n) is 10.3. The molecule has 0 saturated heterocycles. The Balaban J connectivity index is 1.70. The number of aromatic nitrogens is 2. The van der Waals surface area contributed by atoms with Gasteiger partial charge in [0.25, 0.3) is 0 Å². The maximum atomic E-state index is 13.4. The van der Waals surface area contributed by atoms with Crippen molar-refractivity contribution in [3.8, 4) is 0 Å². The second-order valence-corrected chi connectivity index (χ2v) is 4.53. The van der Waals surface area contributed by atoms with Crippen LogP contribution in [0.1, 0.15) is 18.7 Å². The van der Waals surface area contributed by atoms with E-state index in [4.69, 9.17) is 4.42 Å². The van der Waals surface area contributed by atoms with Crippen LogP contribution in [-0.2, 0) is 6.54 Å². The van der Waals surface area contributed by atoms with Crippen molar-refractivity contribution in [2.75, 3.05) is 5.32 Å². The topological polar surface area (TPSA) is 63.0 Å². The molecule has 1 aromatic heterocycles. The van der Waals surface area contributed by atoms with Crippen LogP contribution in [0, 0.1) is 17.5 Å². The minimum atomic E-state index is -1.29. The van der Waals surface area contributed by atoms with Crippen molar-refractivity contribution in [2.45, 2.75) is 25.4 Å². The van der Waals surface area contributed by atoms with Gasteiger partial charge in [-0.1, -0.05) is 5.10 Å². The van der Waals surface area contributed by atoms with Crippen LogP contribution in [0.15, 0.2) is 16.5 Å². The largest absolute Gasteiger partial charge is 0.406 e. The lowest BCUT2D eigenvalue weighted by Crippen LogP contribution is -2.15. The number of hydrogen-bond acceptors (Lipinski definition) is 5. The summed E-state index contributed by atoms with van der Waals surface area (Å²) in [7, 11) is 0. The highest BCUT2D eigenvalue weighted by Crippen LogP contribution is 2.23. The van der Waals surface area contributed by atoms with Crippen molar-refractivity contribution in [1.82, 2.24) is 15.5 Å². The van der Waals surface area contributed by atoms with Crippen molar-refractivity contribution in [3.63, 3.8) is 0 Å². The van der Waals surface area contributed by atoms with Crippen LogP contribution in [0.3, 0.4) is 0 Å². The zero-order chi connectivity index (χ0) is 14.1. The van der Waals surface area contributed by atoms with Gasteiger partial charge in [0.05, 0.1) is 12.2 Å². The first-order chi connectivity index (χ1) is 9.61. The lowest BCUT2D eigenvalue weighted by atomic mass is 10.3. The van der Waals surface area contributed by atoms with Crippen LogP contribution in [0.25, 0.3) is 0 Å². The summed E-state index contributed by atoms with van der Waals surface area (Å²) in [4.78, 5) is 0. The highest BCUT2D eigenvalue weighted by Gasteiger charge is 2.21. The Morgan fingerprint density at radius 3 is 2.75 bits per heavy atom. The third kappa shape index (κ3) is 2.90. The summed E-state index contributed by atoms with van der Waals surface area (Å²) in [5.41, 5.74) is -0.396. The van der Waals surface area contributed by atoms with Crippen LogP contribution < -0.4 is 10.6 Å². The molecule has 0 spiro atoms. The molecule has 2 aromatic rings. The predicted molar refractivity (Wildman–Crippen MR) is 63.8 cm³/mol. The molecule has 3 rings (SSSR count). The van der Waals surface area contributed by atoms with E-state index in [0.29, 0.717) is 24.5 Å². The third-order valence-corrected chi connectivity index (χ3v) is 2.82. The summed E-state index contributed by atoms with van der Waals surface area (Å²) in [6.07, 6.45) is 2.24. The van der Waals surface area contributed by atoms with E-state index in [2.05, 4.69) is 20.8 Å². The first-order valence-electron chi connectivity index (χ1n) is 6.09. The highest BCUT2D eigenvalue weighted by molar-refractivity contribution is 5.53. The molecule has 1 fully saturated rings. The Morgan fingerprint density at radius 2 is 2.00 bits per heavy atom. The van der Waals surface area contributed by atoms with E-state index >= 15 is 0 Å². The molecular formula is C12H11F3N4O. The molecule has 0 bridgehead atoms. The molecule has 20 heavy (non-hydrogen) atoms. The second-order valence-electron chi connectivity index (χ2n) is 4.53. The lowest BCUT2D eigenvalue weighted by Gasteiger charge is -2.03. The molecule has 2 N–H and O–H groups in total. The minimum absolute atomic E-state index is 0.124. The lowest BCUT2D eigenvalue weighted by molar-refractivity contribution is 0.475. The number of rotatable bonds is 5. The average molecular weight is 284 g/mol. The van der Waals surface area contributed by atoms with Crippen molar-refractivity contribution in [3.05, 3.63) is 35.5 Å².